The summed E-state index contributed by atoms with van der Waals surface area (Å²) in [5.74, 6) is 2.11. The number of nitrogens with zero attached hydrogens (tertiary/aromatic N) is 4. The Morgan fingerprint density at radius 1 is 1.09 bits per heavy atom. The van der Waals surface area contributed by atoms with Crippen LogP contribution in [-0.2, 0) is 6.54 Å². The summed E-state index contributed by atoms with van der Waals surface area (Å²) in [5, 5.41) is 12.1. The Kier molecular flexibility index (Phi) is 6.21. The van der Waals surface area contributed by atoms with Gasteiger partial charge in [-0.25, -0.2) is 4.98 Å². The fourth-order valence-corrected chi connectivity index (χ4v) is 5.82. The lowest BCUT2D eigenvalue weighted by molar-refractivity contribution is 0.416. The molecule has 0 amide bonds. The van der Waals surface area contributed by atoms with Gasteiger partial charge in [0, 0.05) is 17.5 Å². The summed E-state index contributed by atoms with van der Waals surface area (Å²) in [5.41, 5.74) is 2.68. The number of ether oxygens (including phenoxy) is 1. The minimum atomic E-state index is -0.126. The Bertz CT molecular complexity index is 1510. The van der Waals surface area contributed by atoms with Crippen LogP contribution in [0.4, 0.5) is 0 Å². The molecule has 5 rings (SSSR count). The summed E-state index contributed by atoms with van der Waals surface area (Å²) in [6.07, 6.45) is 0. The van der Waals surface area contributed by atoms with E-state index in [1.807, 2.05) is 71.5 Å². The van der Waals surface area contributed by atoms with Gasteiger partial charge in [0.05, 0.1) is 23.3 Å². The number of hydrogen-bond acceptors (Lipinski definition) is 7. The molecule has 1 atom stereocenters. The molecule has 7 nitrogen and oxygen atoms in total. The summed E-state index contributed by atoms with van der Waals surface area (Å²) in [7, 11) is 1.65. The Morgan fingerprint density at radius 3 is 2.62 bits per heavy atom. The lowest BCUT2D eigenvalue weighted by Crippen LogP contribution is -2.12. The highest BCUT2D eigenvalue weighted by Crippen LogP contribution is 2.37. The molecular weight excluding hydrogens is 466 g/mol. The second-order valence-electron chi connectivity index (χ2n) is 7.66. The van der Waals surface area contributed by atoms with Crippen molar-refractivity contribution in [1.29, 1.82) is 0 Å². The zero-order valence-corrected chi connectivity index (χ0v) is 20.6. The number of H-pyrrole nitrogens is 1. The maximum absolute atomic E-state index is 13.0. The molecule has 1 N–H and O–H groups in total. The summed E-state index contributed by atoms with van der Waals surface area (Å²) in [6, 6.07) is 17.7. The van der Waals surface area contributed by atoms with Gasteiger partial charge in [0.25, 0.3) is 5.56 Å². The van der Waals surface area contributed by atoms with Crippen molar-refractivity contribution in [2.75, 3.05) is 7.11 Å². The molecule has 0 radical (unpaired) electrons. The van der Waals surface area contributed by atoms with Crippen LogP contribution in [0.15, 0.2) is 69.9 Å². The summed E-state index contributed by atoms with van der Waals surface area (Å²) in [4.78, 5) is 21.6. The first kappa shape index (κ1) is 22.4. The van der Waals surface area contributed by atoms with Crippen LogP contribution < -0.4 is 10.3 Å². The Morgan fingerprint density at radius 2 is 1.85 bits per heavy atom. The molecule has 0 bridgehead atoms. The summed E-state index contributed by atoms with van der Waals surface area (Å²) in [6.45, 7) is 4.77. The van der Waals surface area contributed by atoms with Crippen LogP contribution in [0.5, 0.6) is 5.75 Å². The Labute approximate surface area is 204 Å². The number of rotatable bonds is 7. The first-order chi connectivity index (χ1) is 16.6. The van der Waals surface area contributed by atoms with Crippen molar-refractivity contribution >= 4 is 33.3 Å². The van der Waals surface area contributed by atoms with Crippen LogP contribution in [0.3, 0.4) is 0 Å². The molecule has 172 valence electrons. The number of para-hydroxylation sites is 1. The smallest absolute Gasteiger partial charge is 0.260 e. The van der Waals surface area contributed by atoms with E-state index in [-0.39, 0.29) is 10.8 Å². The maximum Gasteiger partial charge on any atom is 0.260 e. The highest BCUT2D eigenvalue weighted by atomic mass is 32.2. The van der Waals surface area contributed by atoms with Crippen molar-refractivity contribution in [3.05, 3.63) is 76.2 Å². The molecule has 0 fully saturated rings. The van der Waals surface area contributed by atoms with Crippen LogP contribution in [-0.4, -0.2) is 31.8 Å². The highest BCUT2D eigenvalue weighted by molar-refractivity contribution is 7.99. The van der Waals surface area contributed by atoms with Crippen molar-refractivity contribution < 1.29 is 4.74 Å². The maximum atomic E-state index is 13.0. The topological polar surface area (TPSA) is 85.7 Å². The number of benzene rings is 2. The lowest BCUT2D eigenvalue weighted by Gasteiger charge is -2.13. The minimum absolute atomic E-state index is 0.126. The average molecular weight is 490 g/mol. The van der Waals surface area contributed by atoms with Crippen molar-refractivity contribution in [3.8, 4) is 28.3 Å². The average Bonchev–Trinajstić information content (AvgIpc) is 3.48. The number of thioether (sulfide) groups is 1. The van der Waals surface area contributed by atoms with Crippen LogP contribution in [0.25, 0.3) is 32.7 Å². The minimum Gasteiger partial charge on any atom is -0.496 e. The number of fused-ring (bicyclic) bond motifs is 1. The molecule has 0 saturated carbocycles. The number of thiophene rings is 1. The van der Waals surface area contributed by atoms with Crippen LogP contribution in [0.1, 0.15) is 24.9 Å². The molecule has 0 saturated heterocycles. The summed E-state index contributed by atoms with van der Waals surface area (Å²) < 4.78 is 7.56. The van der Waals surface area contributed by atoms with Crippen LogP contribution in [0.2, 0.25) is 0 Å². The van der Waals surface area contributed by atoms with E-state index in [2.05, 4.69) is 22.1 Å². The molecule has 0 aliphatic rings. The third kappa shape index (κ3) is 4.01. The van der Waals surface area contributed by atoms with E-state index in [1.165, 1.54) is 23.1 Å². The SMILES string of the molecule is CCn1c(SC(C)c2nc3scc(-c4ccccc4)c3c(=O)[nH]2)nnc1-c1ccccc1OC. The molecule has 3 aromatic heterocycles. The van der Waals surface area contributed by atoms with Gasteiger partial charge in [-0.15, -0.1) is 21.5 Å². The molecule has 0 aliphatic carbocycles. The van der Waals surface area contributed by atoms with Gasteiger partial charge in [0.15, 0.2) is 11.0 Å². The number of nitrogens with one attached hydrogen (secondary N) is 1. The van der Waals surface area contributed by atoms with E-state index in [4.69, 9.17) is 9.72 Å². The Hall–Kier alpha value is -3.43. The van der Waals surface area contributed by atoms with E-state index in [0.29, 0.717) is 17.8 Å². The van der Waals surface area contributed by atoms with Crippen molar-refractivity contribution in [2.45, 2.75) is 30.8 Å². The fourth-order valence-electron chi connectivity index (χ4n) is 3.89. The second kappa shape index (κ2) is 9.44. The monoisotopic (exact) mass is 489 g/mol. The second-order valence-corrected chi connectivity index (χ2v) is 9.82. The number of aromatic nitrogens is 5. The van der Waals surface area contributed by atoms with Crippen LogP contribution >= 0.6 is 23.1 Å². The molecule has 2 aromatic carbocycles. The van der Waals surface area contributed by atoms with E-state index < -0.39 is 0 Å². The van der Waals surface area contributed by atoms with E-state index >= 15 is 0 Å². The fraction of sp³-hybridized carbons (Fsp3) is 0.200. The van der Waals surface area contributed by atoms with Crippen molar-refractivity contribution in [2.24, 2.45) is 0 Å². The molecule has 0 spiro atoms. The molecule has 9 heteroatoms. The predicted octanol–water partition coefficient (Wildman–Crippen LogP) is 5.79. The molecular formula is C25H23N5O2S2. The molecule has 5 aromatic rings. The van der Waals surface area contributed by atoms with Gasteiger partial charge in [0.1, 0.15) is 16.4 Å². The van der Waals surface area contributed by atoms with Crippen molar-refractivity contribution in [3.63, 3.8) is 0 Å². The standard InChI is InChI=1S/C25H23N5O2S2/c1-4-30-22(17-12-8-9-13-19(17)32-3)28-29-25(30)34-15(2)21-26-23(31)20-18(14-33-24(20)27-21)16-10-6-5-7-11-16/h5-15H,4H2,1-3H3,(H,26,27,31). The predicted molar refractivity (Wildman–Crippen MR) is 138 cm³/mol. The van der Waals surface area contributed by atoms with Gasteiger partial charge in [0.2, 0.25) is 0 Å². The van der Waals surface area contributed by atoms with Crippen LogP contribution in [0, 0.1) is 0 Å². The first-order valence-electron chi connectivity index (χ1n) is 10.9. The zero-order chi connectivity index (χ0) is 23.7. The number of aromatic amines is 1. The normalized spacial score (nSPS) is 12.2. The third-order valence-electron chi connectivity index (χ3n) is 5.60. The van der Waals surface area contributed by atoms with Gasteiger partial charge in [-0.1, -0.05) is 54.2 Å². The molecule has 1 unspecified atom stereocenters. The largest absolute Gasteiger partial charge is 0.496 e. The van der Waals surface area contributed by atoms with Gasteiger partial charge in [-0.2, -0.15) is 0 Å². The molecule has 0 aliphatic heterocycles. The van der Waals surface area contributed by atoms with Gasteiger partial charge < -0.3 is 14.3 Å². The quantitative estimate of drug-likeness (QED) is 0.291. The lowest BCUT2D eigenvalue weighted by atomic mass is 10.1. The third-order valence-corrected chi connectivity index (χ3v) is 7.56. The van der Waals surface area contributed by atoms with Crippen molar-refractivity contribution in [1.82, 2.24) is 24.7 Å². The van der Waals surface area contributed by atoms with E-state index in [0.717, 1.165) is 38.3 Å². The van der Waals surface area contributed by atoms with Gasteiger partial charge in [-0.05, 0) is 31.5 Å². The molecule has 3 heterocycles. The van der Waals surface area contributed by atoms with E-state index in [1.54, 1.807) is 7.11 Å². The van der Waals surface area contributed by atoms with Gasteiger partial charge in [-0.3, -0.25) is 4.79 Å². The van der Waals surface area contributed by atoms with E-state index in [9.17, 15) is 4.79 Å². The highest BCUT2D eigenvalue weighted by Gasteiger charge is 2.21. The number of methoxy groups -OCH3 is 1. The summed E-state index contributed by atoms with van der Waals surface area (Å²) >= 11 is 3.00. The molecule has 34 heavy (non-hydrogen) atoms. The first-order valence-corrected chi connectivity index (χ1v) is 12.7. The Balaban J connectivity index is 1.47. The van der Waals surface area contributed by atoms with Gasteiger partial charge >= 0.3 is 0 Å². The number of hydrogen-bond donors (Lipinski definition) is 1. The zero-order valence-electron chi connectivity index (χ0n) is 19.0.